The number of nitrogens with one attached hydrogen (secondary N) is 1. The molecule has 6 heteroatoms. The molecule has 0 aliphatic carbocycles. The molecule has 6 nitrogen and oxygen atoms in total. The molecule has 0 bridgehead atoms. The average Bonchev–Trinajstić information content (AvgIpc) is 2.87. The smallest absolute Gasteiger partial charge is 0.274 e. The zero-order chi connectivity index (χ0) is 24.4. The molecule has 0 saturated heterocycles. The first-order valence-corrected chi connectivity index (χ1v) is 11.8. The van der Waals surface area contributed by atoms with Crippen LogP contribution in [0.1, 0.15) is 68.1 Å². The van der Waals surface area contributed by atoms with E-state index in [0.29, 0.717) is 36.0 Å². The number of benzene rings is 2. The minimum atomic E-state index is -0.438. The van der Waals surface area contributed by atoms with Gasteiger partial charge in [-0.25, -0.2) is 4.98 Å². The maximum Gasteiger partial charge on any atom is 0.274 e. The number of amidine groups is 1. The van der Waals surface area contributed by atoms with Crippen molar-refractivity contribution in [1.82, 2.24) is 4.98 Å². The SMILES string of the molecule is CCCCC(C)(N=C(N)CC)c1cccc(NC(=O)c2ccc(OCc3ccccc3)cn2)c1. The number of carbonyl (C=O) groups excluding carboxylic acids is 1. The Morgan fingerprint density at radius 3 is 2.56 bits per heavy atom. The summed E-state index contributed by atoms with van der Waals surface area (Å²) in [7, 11) is 0. The summed E-state index contributed by atoms with van der Waals surface area (Å²) in [5, 5.41) is 2.95. The van der Waals surface area contributed by atoms with Gasteiger partial charge in [0.15, 0.2) is 0 Å². The molecule has 1 unspecified atom stereocenters. The normalized spacial score (nSPS) is 13.2. The summed E-state index contributed by atoms with van der Waals surface area (Å²) >= 11 is 0. The van der Waals surface area contributed by atoms with Crippen LogP contribution in [0.4, 0.5) is 5.69 Å². The van der Waals surface area contributed by atoms with Crippen molar-refractivity contribution >= 4 is 17.4 Å². The first kappa shape index (κ1) is 25.0. The molecular weight excluding hydrogens is 424 g/mol. The van der Waals surface area contributed by atoms with Gasteiger partial charge < -0.3 is 15.8 Å². The van der Waals surface area contributed by atoms with Crippen LogP contribution >= 0.6 is 0 Å². The Morgan fingerprint density at radius 2 is 1.88 bits per heavy atom. The highest BCUT2D eigenvalue weighted by atomic mass is 16.5. The molecule has 1 amide bonds. The summed E-state index contributed by atoms with van der Waals surface area (Å²) in [5.74, 6) is 0.964. The van der Waals surface area contributed by atoms with Crippen LogP contribution in [0.2, 0.25) is 0 Å². The number of nitrogens with zero attached hydrogens (tertiary/aromatic N) is 2. The van der Waals surface area contributed by atoms with Crippen molar-refractivity contribution in [2.45, 2.75) is 58.6 Å². The third-order valence-electron chi connectivity index (χ3n) is 5.73. The van der Waals surface area contributed by atoms with Gasteiger partial charge in [0.05, 0.1) is 17.6 Å². The minimum absolute atomic E-state index is 0.279. The van der Waals surface area contributed by atoms with Crippen LogP contribution in [0, 0.1) is 0 Å². The standard InChI is InChI=1S/C28H34N4O2/c1-4-6-17-28(3,32-26(29)5-2)22-13-10-14-23(18-22)31-27(33)25-16-15-24(19-30-25)34-20-21-11-8-7-9-12-21/h7-16,18-19H,4-6,17,20H2,1-3H3,(H2,29,32)(H,31,33). The van der Waals surface area contributed by atoms with Gasteiger partial charge in [0, 0.05) is 12.1 Å². The van der Waals surface area contributed by atoms with E-state index in [1.54, 1.807) is 18.3 Å². The quantitative estimate of drug-likeness (QED) is 0.269. The molecule has 1 aromatic heterocycles. The molecule has 0 radical (unpaired) electrons. The van der Waals surface area contributed by atoms with E-state index in [9.17, 15) is 4.79 Å². The van der Waals surface area contributed by atoms with Gasteiger partial charge in [0.25, 0.3) is 5.91 Å². The highest BCUT2D eigenvalue weighted by Crippen LogP contribution is 2.33. The number of unbranched alkanes of at least 4 members (excludes halogenated alkanes) is 1. The van der Waals surface area contributed by atoms with Gasteiger partial charge in [-0.05, 0) is 48.7 Å². The molecule has 0 fully saturated rings. The van der Waals surface area contributed by atoms with E-state index in [-0.39, 0.29) is 5.91 Å². The van der Waals surface area contributed by atoms with Crippen LogP contribution in [0.3, 0.4) is 0 Å². The number of ether oxygens (including phenoxy) is 1. The van der Waals surface area contributed by atoms with Crippen LogP contribution in [-0.2, 0) is 12.1 Å². The van der Waals surface area contributed by atoms with E-state index in [2.05, 4.69) is 24.1 Å². The number of aromatic nitrogens is 1. The van der Waals surface area contributed by atoms with Crippen LogP contribution in [0.25, 0.3) is 0 Å². The van der Waals surface area contributed by atoms with E-state index in [4.69, 9.17) is 15.5 Å². The molecule has 0 aliphatic heterocycles. The Morgan fingerprint density at radius 1 is 1.09 bits per heavy atom. The molecule has 0 spiro atoms. The van der Waals surface area contributed by atoms with Crippen LogP contribution < -0.4 is 15.8 Å². The number of rotatable bonds is 11. The molecular formula is C28H34N4O2. The summed E-state index contributed by atoms with van der Waals surface area (Å²) in [6.07, 6.45) is 5.27. The topological polar surface area (TPSA) is 89.6 Å². The van der Waals surface area contributed by atoms with Gasteiger partial charge >= 0.3 is 0 Å². The Balaban J connectivity index is 1.69. The summed E-state index contributed by atoms with van der Waals surface area (Å²) in [6.45, 7) is 6.71. The second-order valence-corrected chi connectivity index (χ2v) is 8.52. The monoisotopic (exact) mass is 458 g/mol. The van der Waals surface area contributed by atoms with Crippen LogP contribution in [0.5, 0.6) is 5.75 Å². The molecule has 34 heavy (non-hydrogen) atoms. The molecule has 3 aromatic rings. The maximum absolute atomic E-state index is 12.8. The fourth-order valence-electron chi connectivity index (χ4n) is 3.65. The third kappa shape index (κ3) is 6.91. The lowest BCUT2D eigenvalue weighted by Crippen LogP contribution is -2.25. The Kier molecular flexibility index (Phi) is 8.79. The van der Waals surface area contributed by atoms with Crippen molar-refractivity contribution in [3.05, 3.63) is 89.7 Å². The van der Waals surface area contributed by atoms with Crippen molar-refractivity contribution in [2.24, 2.45) is 10.7 Å². The molecule has 3 rings (SSSR count). The van der Waals surface area contributed by atoms with Crippen molar-refractivity contribution in [3.8, 4) is 5.75 Å². The second-order valence-electron chi connectivity index (χ2n) is 8.52. The lowest BCUT2D eigenvalue weighted by Gasteiger charge is -2.27. The van der Waals surface area contributed by atoms with E-state index >= 15 is 0 Å². The number of nitrogens with two attached hydrogens (primary N) is 1. The Labute approximate surface area is 202 Å². The number of amides is 1. The molecule has 2 aromatic carbocycles. The summed E-state index contributed by atoms with van der Waals surface area (Å²) in [4.78, 5) is 21.9. The summed E-state index contributed by atoms with van der Waals surface area (Å²) < 4.78 is 5.75. The lowest BCUT2D eigenvalue weighted by atomic mass is 9.87. The lowest BCUT2D eigenvalue weighted by molar-refractivity contribution is 0.102. The van der Waals surface area contributed by atoms with Gasteiger partial charge in [0.1, 0.15) is 18.1 Å². The van der Waals surface area contributed by atoms with Gasteiger partial charge in [-0.15, -0.1) is 0 Å². The van der Waals surface area contributed by atoms with Crippen molar-refractivity contribution in [3.63, 3.8) is 0 Å². The number of anilines is 1. The molecule has 178 valence electrons. The molecule has 0 saturated carbocycles. The number of hydrogen-bond donors (Lipinski definition) is 2. The molecule has 0 aliphatic rings. The molecule has 3 N–H and O–H groups in total. The highest BCUT2D eigenvalue weighted by molar-refractivity contribution is 6.02. The van der Waals surface area contributed by atoms with Gasteiger partial charge in [-0.3, -0.25) is 9.79 Å². The number of carbonyl (C=O) groups is 1. The predicted octanol–water partition coefficient (Wildman–Crippen LogP) is 6.09. The van der Waals surface area contributed by atoms with E-state index < -0.39 is 5.54 Å². The maximum atomic E-state index is 12.8. The average molecular weight is 459 g/mol. The zero-order valence-electron chi connectivity index (χ0n) is 20.3. The van der Waals surface area contributed by atoms with Gasteiger partial charge in [-0.1, -0.05) is 69.2 Å². The van der Waals surface area contributed by atoms with Crippen molar-refractivity contribution in [1.29, 1.82) is 0 Å². The first-order valence-electron chi connectivity index (χ1n) is 11.8. The largest absolute Gasteiger partial charge is 0.487 e. The minimum Gasteiger partial charge on any atom is -0.487 e. The Bertz CT molecular complexity index is 1100. The van der Waals surface area contributed by atoms with E-state index in [0.717, 1.165) is 30.4 Å². The van der Waals surface area contributed by atoms with Crippen LogP contribution in [0.15, 0.2) is 77.9 Å². The predicted molar refractivity (Wildman–Crippen MR) is 138 cm³/mol. The fraction of sp³-hybridized carbons (Fsp3) is 0.321. The highest BCUT2D eigenvalue weighted by Gasteiger charge is 2.26. The fourth-order valence-corrected chi connectivity index (χ4v) is 3.65. The van der Waals surface area contributed by atoms with Crippen LogP contribution in [-0.4, -0.2) is 16.7 Å². The molecule has 1 heterocycles. The second kappa shape index (κ2) is 12.0. The summed E-state index contributed by atoms with van der Waals surface area (Å²) in [6, 6.07) is 21.1. The number of aliphatic imine (C=N–C) groups is 1. The van der Waals surface area contributed by atoms with Gasteiger partial charge in [-0.2, -0.15) is 0 Å². The van der Waals surface area contributed by atoms with Gasteiger partial charge in [0.2, 0.25) is 0 Å². The van der Waals surface area contributed by atoms with E-state index in [1.807, 2.05) is 61.5 Å². The Hall–Kier alpha value is -3.67. The van der Waals surface area contributed by atoms with Crippen molar-refractivity contribution in [2.75, 3.05) is 5.32 Å². The molecule has 1 atom stereocenters. The number of hydrogen-bond acceptors (Lipinski definition) is 4. The zero-order valence-corrected chi connectivity index (χ0v) is 20.3. The van der Waals surface area contributed by atoms with Crippen molar-refractivity contribution < 1.29 is 9.53 Å². The number of pyridine rings is 1. The van der Waals surface area contributed by atoms with E-state index in [1.165, 1.54) is 0 Å². The summed E-state index contributed by atoms with van der Waals surface area (Å²) in [5.41, 5.74) is 8.76. The first-order chi connectivity index (χ1) is 16.4. The third-order valence-corrected chi connectivity index (χ3v) is 5.73.